The fourth-order valence-electron chi connectivity index (χ4n) is 2.98. The molecule has 1 fully saturated rings. The number of rotatable bonds is 1. The lowest BCUT2D eigenvalue weighted by molar-refractivity contribution is 0.182. The number of benzene rings is 1. The fourth-order valence-corrected chi connectivity index (χ4v) is 2.98. The van der Waals surface area contributed by atoms with Gasteiger partial charge in [0.2, 0.25) is 0 Å². The van der Waals surface area contributed by atoms with Crippen LogP contribution in [-0.4, -0.2) is 34.6 Å². The van der Waals surface area contributed by atoms with E-state index >= 15 is 0 Å². The standard InChI is InChI=1S/C16H20N2O/c1-11-8-12(6-7-18(11)2)14-9-13-4-3-5-15(19)16(13)17-10-14/h3-5,9-12,19H,6-8H2,1-2H3. The Hall–Kier alpha value is -1.61. The summed E-state index contributed by atoms with van der Waals surface area (Å²) in [7, 11) is 2.19. The highest BCUT2D eigenvalue weighted by Gasteiger charge is 2.24. The van der Waals surface area contributed by atoms with Gasteiger partial charge in [-0.05, 0) is 57.0 Å². The maximum Gasteiger partial charge on any atom is 0.141 e. The molecule has 1 saturated heterocycles. The van der Waals surface area contributed by atoms with Crippen LogP contribution in [0, 0.1) is 0 Å². The van der Waals surface area contributed by atoms with Gasteiger partial charge in [-0.1, -0.05) is 12.1 Å². The number of piperidine rings is 1. The first-order chi connectivity index (χ1) is 9.15. The summed E-state index contributed by atoms with van der Waals surface area (Å²) in [6, 6.07) is 8.39. The molecule has 2 atom stereocenters. The summed E-state index contributed by atoms with van der Waals surface area (Å²) in [5, 5.41) is 10.8. The molecule has 3 nitrogen and oxygen atoms in total. The minimum absolute atomic E-state index is 0.265. The first kappa shape index (κ1) is 12.4. The molecule has 2 heterocycles. The van der Waals surface area contributed by atoms with Crippen molar-refractivity contribution < 1.29 is 5.11 Å². The molecule has 0 spiro atoms. The van der Waals surface area contributed by atoms with Gasteiger partial charge in [-0.3, -0.25) is 4.98 Å². The Kier molecular flexibility index (Phi) is 3.15. The third-order valence-corrected chi connectivity index (χ3v) is 4.39. The van der Waals surface area contributed by atoms with Gasteiger partial charge in [-0.2, -0.15) is 0 Å². The number of para-hydroxylation sites is 1. The van der Waals surface area contributed by atoms with Crippen LogP contribution in [0.2, 0.25) is 0 Å². The summed E-state index contributed by atoms with van der Waals surface area (Å²) >= 11 is 0. The van der Waals surface area contributed by atoms with Gasteiger partial charge >= 0.3 is 0 Å². The van der Waals surface area contributed by atoms with Crippen molar-refractivity contribution >= 4 is 10.9 Å². The van der Waals surface area contributed by atoms with Crippen LogP contribution < -0.4 is 0 Å². The summed E-state index contributed by atoms with van der Waals surface area (Å²) in [4.78, 5) is 6.85. The smallest absolute Gasteiger partial charge is 0.141 e. The van der Waals surface area contributed by atoms with E-state index in [2.05, 4.69) is 29.9 Å². The Bertz CT molecular complexity index is 596. The van der Waals surface area contributed by atoms with Crippen LogP contribution in [0.3, 0.4) is 0 Å². The highest BCUT2D eigenvalue weighted by Crippen LogP contribution is 2.32. The molecule has 0 saturated carbocycles. The molecular weight excluding hydrogens is 236 g/mol. The van der Waals surface area contributed by atoms with Crippen molar-refractivity contribution in [2.75, 3.05) is 13.6 Å². The molecular formula is C16H20N2O. The molecule has 19 heavy (non-hydrogen) atoms. The number of hydrogen-bond donors (Lipinski definition) is 1. The second-order valence-electron chi connectivity index (χ2n) is 5.67. The van der Waals surface area contributed by atoms with E-state index < -0.39 is 0 Å². The monoisotopic (exact) mass is 256 g/mol. The maximum atomic E-state index is 9.78. The number of phenols is 1. The molecule has 1 aromatic carbocycles. The SMILES string of the molecule is CC1CC(c2cnc3c(O)cccc3c2)CCN1C. The van der Waals surface area contributed by atoms with E-state index in [-0.39, 0.29) is 5.75 Å². The quantitative estimate of drug-likeness (QED) is 0.851. The minimum Gasteiger partial charge on any atom is -0.506 e. The van der Waals surface area contributed by atoms with Gasteiger partial charge in [0.1, 0.15) is 11.3 Å². The summed E-state index contributed by atoms with van der Waals surface area (Å²) in [6.45, 7) is 3.43. The first-order valence-electron chi connectivity index (χ1n) is 6.93. The third kappa shape index (κ3) is 2.30. The zero-order valence-electron chi connectivity index (χ0n) is 11.5. The molecule has 2 unspecified atom stereocenters. The first-order valence-corrected chi connectivity index (χ1v) is 6.93. The highest BCUT2D eigenvalue weighted by atomic mass is 16.3. The largest absolute Gasteiger partial charge is 0.506 e. The Morgan fingerprint density at radius 2 is 2.21 bits per heavy atom. The van der Waals surface area contributed by atoms with E-state index in [0.29, 0.717) is 17.5 Å². The van der Waals surface area contributed by atoms with Crippen LogP contribution in [0.4, 0.5) is 0 Å². The van der Waals surface area contributed by atoms with Crippen molar-refractivity contribution in [1.82, 2.24) is 9.88 Å². The van der Waals surface area contributed by atoms with Crippen molar-refractivity contribution in [1.29, 1.82) is 0 Å². The lowest BCUT2D eigenvalue weighted by atomic mass is 9.86. The van der Waals surface area contributed by atoms with E-state index in [1.165, 1.54) is 18.4 Å². The molecule has 1 aliphatic heterocycles. The third-order valence-electron chi connectivity index (χ3n) is 4.39. The van der Waals surface area contributed by atoms with Crippen LogP contribution in [0.5, 0.6) is 5.75 Å². The maximum absolute atomic E-state index is 9.78. The van der Waals surface area contributed by atoms with Crippen molar-refractivity contribution in [2.24, 2.45) is 0 Å². The predicted octanol–water partition coefficient (Wildman–Crippen LogP) is 3.14. The van der Waals surface area contributed by atoms with Gasteiger partial charge in [0.25, 0.3) is 0 Å². The van der Waals surface area contributed by atoms with Crippen LogP contribution in [0.25, 0.3) is 10.9 Å². The van der Waals surface area contributed by atoms with E-state index in [9.17, 15) is 5.11 Å². The average molecular weight is 256 g/mol. The Balaban J connectivity index is 1.93. The predicted molar refractivity (Wildman–Crippen MR) is 77.5 cm³/mol. The molecule has 0 radical (unpaired) electrons. The number of aromatic nitrogens is 1. The zero-order valence-corrected chi connectivity index (χ0v) is 11.5. The van der Waals surface area contributed by atoms with Crippen LogP contribution >= 0.6 is 0 Å². The molecule has 3 heteroatoms. The van der Waals surface area contributed by atoms with Crippen LogP contribution in [-0.2, 0) is 0 Å². The molecule has 1 aliphatic rings. The molecule has 0 amide bonds. The molecule has 1 N–H and O–H groups in total. The van der Waals surface area contributed by atoms with E-state index in [1.54, 1.807) is 6.07 Å². The summed E-state index contributed by atoms with van der Waals surface area (Å²) in [6.07, 6.45) is 4.31. The lowest BCUT2D eigenvalue weighted by Crippen LogP contribution is -2.36. The number of aromatic hydroxyl groups is 1. The van der Waals surface area contributed by atoms with Crippen molar-refractivity contribution in [2.45, 2.75) is 31.7 Å². The number of hydrogen-bond acceptors (Lipinski definition) is 3. The summed E-state index contributed by atoms with van der Waals surface area (Å²) in [5.41, 5.74) is 2.00. The number of phenolic OH excluding ortho intramolecular Hbond substituents is 1. The number of likely N-dealkylation sites (tertiary alicyclic amines) is 1. The second-order valence-corrected chi connectivity index (χ2v) is 5.67. The second kappa shape index (κ2) is 4.82. The number of fused-ring (bicyclic) bond motifs is 1. The molecule has 2 aromatic rings. The number of pyridine rings is 1. The Labute approximate surface area is 113 Å². The van der Waals surface area contributed by atoms with Crippen molar-refractivity contribution in [3.8, 4) is 5.75 Å². The fraction of sp³-hybridized carbons (Fsp3) is 0.438. The van der Waals surface area contributed by atoms with E-state index in [4.69, 9.17) is 0 Å². The molecule has 0 bridgehead atoms. The highest BCUT2D eigenvalue weighted by molar-refractivity contribution is 5.84. The van der Waals surface area contributed by atoms with Gasteiger partial charge in [0.05, 0.1) is 0 Å². The average Bonchev–Trinajstić information content (AvgIpc) is 2.42. The molecule has 3 rings (SSSR count). The zero-order chi connectivity index (χ0) is 13.4. The van der Waals surface area contributed by atoms with Gasteiger partial charge in [-0.15, -0.1) is 0 Å². The van der Waals surface area contributed by atoms with Crippen LogP contribution in [0.15, 0.2) is 30.5 Å². The van der Waals surface area contributed by atoms with Gasteiger partial charge in [0.15, 0.2) is 0 Å². The Morgan fingerprint density at radius 1 is 1.37 bits per heavy atom. The summed E-state index contributed by atoms with van der Waals surface area (Å²) < 4.78 is 0. The van der Waals surface area contributed by atoms with Crippen molar-refractivity contribution in [3.63, 3.8) is 0 Å². The number of nitrogens with zero attached hydrogens (tertiary/aromatic N) is 2. The molecule has 1 aromatic heterocycles. The minimum atomic E-state index is 0.265. The Morgan fingerprint density at radius 3 is 3.00 bits per heavy atom. The van der Waals surface area contributed by atoms with Crippen LogP contribution in [0.1, 0.15) is 31.2 Å². The lowest BCUT2D eigenvalue weighted by Gasteiger charge is -2.35. The topological polar surface area (TPSA) is 36.4 Å². The van der Waals surface area contributed by atoms with Crippen molar-refractivity contribution in [3.05, 3.63) is 36.0 Å². The van der Waals surface area contributed by atoms with E-state index in [0.717, 1.165) is 11.9 Å². The molecule has 100 valence electrons. The van der Waals surface area contributed by atoms with Gasteiger partial charge in [-0.25, -0.2) is 0 Å². The van der Waals surface area contributed by atoms with Gasteiger partial charge < -0.3 is 10.0 Å². The molecule has 0 aliphatic carbocycles. The summed E-state index contributed by atoms with van der Waals surface area (Å²) in [5.74, 6) is 0.853. The van der Waals surface area contributed by atoms with E-state index in [1.807, 2.05) is 18.3 Å². The van der Waals surface area contributed by atoms with Gasteiger partial charge in [0, 0.05) is 17.6 Å². The normalized spacial score (nSPS) is 24.7.